The van der Waals surface area contributed by atoms with E-state index in [0.717, 1.165) is 11.8 Å². The second kappa shape index (κ2) is 3.86. The molecule has 0 spiro atoms. The Morgan fingerprint density at radius 1 is 1.75 bits per heavy atom. The molecule has 8 heavy (non-hydrogen) atoms. The molecule has 0 atom stereocenters. The topological polar surface area (TPSA) is 29.1 Å². The Balaban J connectivity index is 3.40. The van der Waals surface area contributed by atoms with Crippen LogP contribution in [0.3, 0.4) is 0 Å². The van der Waals surface area contributed by atoms with Gasteiger partial charge < -0.3 is 5.32 Å². The van der Waals surface area contributed by atoms with Crippen LogP contribution >= 0.6 is 24.0 Å². The van der Waals surface area contributed by atoms with Crippen LogP contribution in [0.2, 0.25) is 0 Å². The molecule has 0 saturated carbocycles. The smallest absolute Gasteiger partial charge is 0.192 e. The van der Waals surface area contributed by atoms with Crippen molar-refractivity contribution in [3.05, 3.63) is 0 Å². The first-order valence-corrected chi connectivity index (χ1v) is 3.29. The molecule has 0 aromatic rings. The highest BCUT2D eigenvalue weighted by Crippen LogP contribution is 2.00. The summed E-state index contributed by atoms with van der Waals surface area (Å²) in [6.45, 7) is 1.48. The van der Waals surface area contributed by atoms with Gasteiger partial charge in [0.2, 0.25) is 0 Å². The minimum atomic E-state index is 0.0179. The van der Waals surface area contributed by atoms with E-state index in [4.69, 9.17) is 0 Å². The van der Waals surface area contributed by atoms with Gasteiger partial charge in [-0.25, -0.2) is 0 Å². The molecular weight excluding hydrogens is 142 g/mol. The summed E-state index contributed by atoms with van der Waals surface area (Å²) in [5, 5.41) is 2.69. The summed E-state index contributed by atoms with van der Waals surface area (Å²) in [5.74, 6) is 0. The molecule has 0 aliphatic rings. The minimum Gasteiger partial charge on any atom is -0.374 e. The van der Waals surface area contributed by atoms with Crippen molar-refractivity contribution >= 4 is 33.4 Å². The average Bonchev–Trinajstić information content (AvgIpc) is 1.65. The first-order valence-electron chi connectivity index (χ1n) is 2.07. The highest BCUT2D eigenvalue weighted by Gasteiger charge is 1.95. The highest BCUT2D eigenvalue weighted by molar-refractivity contribution is 8.32. The maximum absolute atomic E-state index is 10.2. The van der Waals surface area contributed by atoms with Gasteiger partial charge in [-0.05, 0) is 11.8 Å². The zero-order valence-electron chi connectivity index (χ0n) is 4.72. The van der Waals surface area contributed by atoms with Gasteiger partial charge in [0.25, 0.3) is 0 Å². The van der Waals surface area contributed by atoms with Crippen molar-refractivity contribution in [1.29, 1.82) is 0 Å². The SMILES string of the molecule is CNC(=S)SC(C)=O. The molecule has 4 heteroatoms. The Labute approximate surface area is 58.0 Å². The number of thiocarbonyl (C=S) groups is 1. The predicted octanol–water partition coefficient (Wildman–Crippen LogP) is 0.770. The van der Waals surface area contributed by atoms with Crippen LogP contribution in [0.25, 0.3) is 0 Å². The third-order valence-corrected chi connectivity index (χ3v) is 1.57. The lowest BCUT2D eigenvalue weighted by atomic mass is 10.9. The van der Waals surface area contributed by atoms with E-state index < -0.39 is 0 Å². The van der Waals surface area contributed by atoms with E-state index in [2.05, 4.69) is 17.5 Å². The van der Waals surface area contributed by atoms with Gasteiger partial charge in [0.15, 0.2) is 5.12 Å². The number of hydrogen-bond acceptors (Lipinski definition) is 3. The van der Waals surface area contributed by atoms with Gasteiger partial charge in [0.05, 0.1) is 0 Å². The summed E-state index contributed by atoms with van der Waals surface area (Å²) < 4.78 is 0.525. The molecule has 0 aliphatic heterocycles. The zero-order valence-corrected chi connectivity index (χ0v) is 6.36. The normalized spacial score (nSPS) is 8.25. The van der Waals surface area contributed by atoms with Crippen LogP contribution < -0.4 is 5.32 Å². The third-order valence-electron chi connectivity index (χ3n) is 0.441. The second-order valence-corrected chi connectivity index (χ2v) is 2.99. The number of hydrogen-bond donors (Lipinski definition) is 1. The predicted molar refractivity (Wildman–Crippen MR) is 39.9 cm³/mol. The Morgan fingerprint density at radius 2 is 2.25 bits per heavy atom. The maximum atomic E-state index is 10.2. The van der Waals surface area contributed by atoms with Gasteiger partial charge in [0.1, 0.15) is 4.32 Å². The molecular formula is C4H7NOS2. The van der Waals surface area contributed by atoms with Crippen molar-refractivity contribution in [3.63, 3.8) is 0 Å². The summed E-state index contributed by atoms with van der Waals surface area (Å²) in [4.78, 5) is 10.2. The molecule has 2 nitrogen and oxygen atoms in total. The highest BCUT2D eigenvalue weighted by atomic mass is 32.2. The van der Waals surface area contributed by atoms with Crippen LogP contribution in [0, 0.1) is 0 Å². The van der Waals surface area contributed by atoms with Gasteiger partial charge in [-0.3, -0.25) is 4.79 Å². The first-order chi connectivity index (χ1) is 3.66. The quantitative estimate of drug-likeness (QED) is 0.515. The maximum Gasteiger partial charge on any atom is 0.192 e. The van der Waals surface area contributed by atoms with Crippen molar-refractivity contribution in [2.75, 3.05) is 7.05 Å². The summed E-state index contributed by atoms with van der Waals surface area (Å²) in [6.07, 6.45) is 0. The molecule has 0 saturated heterocycles. The molecule has 1 N–H and O–H groups in total. The number of carbonyl (C=O) groups is 1. The van der Waals surface area contributed by atoms with Gasteiger partial charge in [0, 0.05) is 14.0 Å². The van der Waals surface area contributed by atoms with E-state index in [-0.39, 0.29) is 5.12 Å². The fourth-order valence-electron chi connectivity index (χ4n) is 0.182. The number of rotatable bonds is 0. The minimum absolute atomic E-state index is 0.0179. The van der Waals surface area contributed by atoms with Crippen molar-refractivity contribution < 1.29 is 4.79 Å². The number of nitrogens with one attached hydrogen (secondary N) is 1. The monoisotopic (exact) mass is 149 g/mol. The third kappa shape index (κ3) is 4.08. The average molecular weight is 149 g/mol. The van der Waals surface area contributed by atoms with Crippen molar-refractivity contribution in [2.24, 2.45) is 0 Å². The van der Waals surface area contributed by atoms with Crippen LogP contribution in [0.15, 0.2) is 0 Å². The van der Waals surface area contributed by atoms with E-state index in [9.17, 15) is 4.79 Å². The van der Waals surface area contributed by atoms with Gasteiger partial charge in [-0.2, -0.15) is 0 Å². The van der Waals surface area contributed by atoms with E-state index >= 15 is 0 Å². The number of thioether (sulfide) groups is 1. The van der Waals surface area contributed by atoms with E-state index in [0.29, 0.717) is 4.32 Å². The lowest BCUT2D eigenvalue weighted by Gasteiger charge is -1.94. The fraction of sp³-hybridized carbons (Fsp3) is 0.500. The Bertz CT molecular complexity index is 113. The first kappa shape index (κ1) is 7.91. The molecule has 46 valence electrons. The summed E-state index contributed by atoms with van der Waals surface area (Å²) in [5.41, 5.74) is 0. The van der Waals surface area contributed by atoms with Crippen LogP contribution in [-0.4, -0.2) is 16.5 Å². The molecule has 0 amide bonds. The molecule has 0 rings (SSSR count). The van der Waals surface area contributed by atoms with Gasteiger partial charge in [-0.1, -0.05) is 12.2 Å². The largest absolute Gasteiger partial charge is 0.374 e. The van der Waals surface area contributed by atoms with Crippen molar-refractivity contribution in [3.8, 4) is 0 Å². The molecule has 0 fully saturated rings. The Morgan fingerprint density at radius 3 is 2.38 bits per heavy atom. The second-order valence-electron chi connectivity index (χ2n) is 1.13. The Kier molecular flexibility index (Phi) is 3.81. The summed E-state index contributed by atoms with van der Waals surface area (Å²) in [6, 6.07) is 0. The lowest BCUT2D eigenvalue weighted by Crippen LogP contribution is -2.12. The van der Waals surface area contributed by atoms with E-state index in [1.807, 2.05) is 0 Å². The fourth-order valence-corrected chi connectivity index (χ4v) is 0.897. The molecule has 0 bridgehead atoms. The van der Waals surface area contributed by atoms with E-state index in [1.165, 1.54) is 6.92 Å². The molecule has 0 radical (unpaired) electrons. The lowest BCUT2D eigenvalue weighted by molar-refractivity contribution is -0.109. The molecule has 0 aromatic carbocycles. The van der Waals surface area contributed by atoms with E-state index in [1.54, 1.807) is 7.05 Å². The van der Waals surface area contributed by atoms with Crippen LogP contribution in [-0.2, 0) is 4.79 Å². The van der Waals surface area contributed by atoms with Gasteiger partial charge in [-0.15, -0.1) is 0 Å². The van der Waals surface area contributed by atoms with Crippen LogP contribution in [0.4, 0.5) is 0 Å². The van der Waals surface area contributed by atoms with Crippen LogP contribution in [0.1, 0.15) is 6.92 Å². The van der Waals surface area contributed by atoms with Crippen molar-refractivity contribution in [1.82, 2.24) is 5.32 Å². The molecule has 0 aromatic heterocycles. The Hall–Kier alpha value is -0.0900. The summed E-state index contributed by atoms with van der Waals surface area (Å²) >= 11 is 5.70. The van der Waals surface area contributed by atoms with Crippen molar-refractivity contribution in [2.45, 2.75) is 6.92 Å². The van der Waals surface area contributed by atoms with Crippen LogP contribution in [0.5, 0.6) is 0 Å². The standard InChI is InChI=1S/C4H7NOS2/c1-3(6)8-4(7)5-2/h1-2H3,(H,5,7). The summed E-state index contributed by atoms with van der Waals surface area (Å²) in [7, 11) is 1.69. The molecule has 0 heterocycles. The zero-order chi connectivity index (χ0) is 6.57. The number of carbonyl (C=O) groups excluding carboxylic acids is 1. The molecule has 0 aliphatic carbocycles. The molecule has 0 unspecified atom stereocenters. The van der Waals surface area contributed by atoms with Gasteiger partial charge >= 0.3 is 0 Å².